The van der Waals surface area contributed by atoms with E-state index in [-0.39, 0.29) is 6.54 Å². The second kappa shape index (κ2) is 8.25. The first-order valence-electron chi connectivity index (χ1n) is 9.80. The fourth-order valence-electron chi connectivity index (χ4n) is 3.71. The lowest BCUT2D eigenvalue weighted by molar-refractivity contribution is -0.141. The Morgan fingerprint density at radius 3 is 2.28 bits per heavy atom. The molecule has 6 nitrogen and oxygen atoms in total. The van der Waals surface area contributed by atoms with Gasteiger partial charge in [-0.25, -0.2) is 0 Å². The number of likely N-dealkylation sites (tertiary alicyclic amines) is 1. The molecule has 0 radical (unpaired) electrons. The van der Waals surface area contributed by atoms with E-state index >= 15 is 0 Å². The maximum atomic E-state index is 13.2. The Bertz CT molecular complexity index is 917. The van der Waals surface area contributed by atoms with Crippen molar-refractivity contribution in [3.63, 3.8) is 0 Å². The van der Waals surface area contributed by atoms with Crippen LogP contribution in [0.3, 0.4) is 0 Å². The first-order valence-corrected chi connectivity index (χ1v) is 9.80. The molecule has 3 unspecified atom stereocenters. The van der Waals surface area contributed by atoms with E-state index in [0.29, 0.717) is 17.0 Å². The molecule has 2 aromatic rings. The molecular weight excluding hydrogens is 368 g/mol. The van der Waals surface area contributed by atoms with Crippen molar-refractivity contribution >= 4 is 17.5 Å². The summed E-state index contributed by atoms with van der Waals surface area (Å²) in [5.74, 6) is -2.73. The third-order valence-electron chi connectivity index (χ3n) is 5.29. The molecule has 1 amide bonds. The maximum absolute atomic E-state index is 13.2. The monoisotopic (exact) mass is 394 g/mol. The van der Waals surface area contributed by atoms with Crippen LogP contribution in [-0.2, 0) is 9.59 Å². The molecule has 1 aliphatic heterocycles. The van der Waals surface area contributed by atoms with Gasteiger partial charge in [-0.1, -0.05) is 38.1 Å². The van der Waals surface area contributed by atoms with E-state index in [2.05, 4.69) is 18.8 Å². The van der Waals surface area contributed by atoms with Crippen molar-refractivity contribution in [2.45, 2.75) is 45.8 Å². The number of aromatic nitrogens is 1. The van der Waals surface area contributed by atoms with Crippen molar-refractivity contribution in [1.82, 2.24) is 9.88 Å². The van der Waals surface area contributed by atoms with E-state index in [1.807, 2.05) is 31.2 Å². The summed E-state index contributed by atoms with van der Waals surface area (Å²) in [4.78, 5) is 44.2. The quantitative estimate of drug-likeness (QED) is 0.462. The normalized spacial score (nSPS) is 20.4. The zero-order chi connectivity index (χ0) is 21.3. The lowest BCUT2D eigenvalue weighted by atomic mass is 9.86. The number of hydrogen-bond acceptors (Lipinski definition) is 5. The summed E-state index contributed by atoms with van der Waals surface area (Å²) in [6.45, 7) is 7.50. The van der Waals surface area contributed by atoms with Gasteiger partial charge in [0.2, 0.25) is 5.78 Å². The number of benzene rings is 1. The molecule has 3 rings (SSSR count). The number of hydrogen-bond donors (Lipinski definition) is 1. The van der Waals surface area contributed by atoms with Crippen LogP contribution in [0.25, 0.3) is 0 Å². The molecule has 2 heterocycles. The Hall–Kier alpha value is -2.86. The van der Waals surface area contributed by atoms with Gasteiger partial charge in [0.05, 0.1) is 12.1 Å². The second-order valence-corrected chi connectivity index (χ2v) is 7.97. The van der Waals surface area contributed by atoms with E-state index in [1.165, 1.54) is 11.1 Å². The number of carbonyl (C=O) groups is 3. The van der Waals surface area contributed by atoms with Crippen molar-refractivity contribution < 1.29 is 19.5 Å². The Kier molecular flexibility index (Phi) is 5.94. The first-order chi connectivity index (χ1) is 13.7. The van der Waals surface area contributed by atoms with Crippen LogP contribution < -0.4 is 0 Å². The number of nitrogens with zero attached hydrogens (tertiary/aromatic N) is 2. The lowest BCUT2D eigenvalue weighted by Gasteiger charge is -2.28. The SMILES string of the molecule is Cc1ccc(C(=O)C2C(=O)C(=O)N(CC(C)O)C2c2ccc(C(C)C)cc2)cn1. The molecule has 0 aliphatic carbocycles. The molecule has 1 fully saturated rings. The molecule has 0 saturated carbocycles. The number of amides is 1. The lowest BCUT2D eigenvalue weighted by Crippen LogP contribution is -2.36. The minimum atomic E-state index is -1.16. The molecule has 0 bridgehead atoms. The minimum absolute atomic E-state index is 0.0168. The average Bonchev–Trinajstić information content (AvgIpc) is 2.92. The Labute approximate surface area is 170 Å². The summed E-state index contributed by atoms with van der Waals surface area (Å²) in [6.07, 6.45) is 0.616. The highest BCUT2D eigenvalue weighted by Gasteiger charge is 2.51. The van der Waals surface area contributed by atoms with Gasteiger partial charge in [0.1, 0.15) is 5.92 Å². The van der Waals surface area contributed by atoms with Crippen LogP contribution >= 0.6 is 0 Å². The predicted octanol–water partition coefficient (Wildman–Crippen LogP) is 2.85. The van der Waals surface area contributed by atoms with Crippen molar-refractivity contribution in [3.8, 4) is 0 Å². The van der Waals surface area contributed by atoms with Crippen LogP contribution in [0.2, 0.25) is 0 Å². The molecule has 1 aromatic carbocycles. The van der Waals surface area contributed by atoms with Gasteiger partial charge < -0.3 is 10.0 Å². The zero-order valence-corrected chi connectivity index (χ0v) is 17.1. The smallest absolute Gasteiger partial charge is 0.291 e. The molecule has 152 valence electrons. The number of aliphatic hydroxyl groups excluding tert-OH is 1. The maximum Gasteiger partial charge on any atom is 0.291 e. The number of aliphatic hydroxyl groups is 1. The van der Waals surface area contributed by atoms with E-state index in [0.717, 1.165) is 11.3 Å². The Morgan fingerprint density at radius 1 is 1.10 bits per heavy atom. The average molecular weight is 394 g/mol. The van der Waals surface area contributed by atoms with Crippen LogP contribution in [0.15, 0.2) is 42.6 Å². The zero-order valence-electron chi connectivity index (χ0n) is 17.1. The molecule has 1 aromatic heterocycles. The van der Waals surface area contributed by atoms with Gasteiger partial charge >= 0.3 is 0 Å². The summed E-state index contributed by atoms with van der Waals surface area (Å²) in [5.41, 5.74) is 2.88. The number of pyridine rings is 1. The van der Waals surface area contributed by atoms with Crippen molar-refractivity contribution in [3.05, 3.63) is 65.0 Å². The standard InChI is InChI=1S/C23H26N2O4/c1-13(2)16-7-9-17(10-8-16)20-19(21(27)18-6-5-14(3)24-11-18)22(28)23(29)25(20)12-15(4)26/h5-11,13,15,19-20,26H,12H2,1-4H3. The first kappa shape index (κ1) is 20.9. The van der Waals surface area contributed by atoms with Gasteiger partial charge in [-0.15, -0.1) is 0 Å². The van der Waals surface area contributed by atoms with Crippen LogP contribution in [-0.4, -0.2) is 45.1 Å². The van der Waals surface area contributed by atoms with E-state index in [1.54, 1.807) is 19.1 Å². The molecule has 0 spiro atoms. The second-order valence-electron chi connectivity index (χ2n) is 7.97. The van der Waals surface area contributed by atoms with Crippen molar-refractivity contribution in [2.24, 2.45) is 5.92 Å². The number of β-amino-alcohol motifs (C(OH)–C–C–N with tert-alkyl or cyclic N) is 1. The number of carbonyl (C=O) groups excluding carboxylic acids is 3. The van der Waals surface area contributed by atoms with Gasteiger partial charge in [-0.2, -0.15) is 0 Å². The number of aryl methyl sites for hydroxylation is 1. The number of ketones is 2. The summed E-state index contributed by atoms with van der Waals surface area (Å²) in [6, 6.07) is 10.2. The largest absolute Gasteiger partial charge is 0.392 e. The van der Waals surface area contributed by atoms with Crippen LogP contribution in [0.5, 0.6) is 0 Å². The molecule has 1 N–H and O–H groups in total. The van der Waals surface area contributed by atoms with Crippen molar-refractivity contribution in [1.29, 1.82) is 0 Å². The highest BCUT2D eigenvalue weighted by molar-refractivity contribution is 6.44. The molecule has 1 aliphatic rings. The van der Waals surface area contributed by atoms with Crippen LogP contribution in [0.4, 0.5) is 0 Å². The minimum Gasteiger partial charge on any atom is -0.392 e. The molecule has 6 heteroatoms. The van der Waals surface area contributed by atoms with E-state index < -0.39 is 35.5 Å². The molecule has 3 atom stereocenters. The highest BCUT2D eigenvalue weighted by Crippen LogP contribution is 2.38. The Morgan fingerprint density at radius 2 is 1.76 bits per heavy atom. The molecule has 29 heavy (non-hydrogen) atoms. The predicted molar refractivity (Wildman–Crippen MR) is 108 cm³/mol. The van der Waals surface area contributed by atoms with Gasteiger partial charge in [0.25, 0.3) is 5.91 Å². The summed E-state index contributed by atoms with van der Waals surface area (Å²) < 4.78 is 0. The van der Waals surface area contributed by atoms with E-state index in [9.17, 15) is 19.5 Å². The number of Topliss-reactive ketones (excluding diaryl/α,β-unsaturated/α-hetero) is 2. The summed E-state index contributed by atoms with van der Waals surface area (Å²) >= 11 is 0. The molecule has 1 saturated heterocycles. The van der Waals surface area contributed by atoms with Gasteiger partial charge in [0, 0.05) is 24.0 Å². The third-order valence-corrected chi connectivity index (χ3v) is 5.29. The fourth-order valence-corrected chi connectivity index (χ4v) is 3.71. The van der Waals surface area contributed by atoms with Crippen LogP contribution in [0, 0.1) is 12.8 Å². The van der Waals surface area contributed by atoms with Crippen molar-refractivity contribution in [2.75, 3.05) is 6.54 Å². The topological polar surface area (TPSA) is 87.6 Å². The fraction of sp³-hybridized carbons (Fsp3) is 0.391. The van der Waals surface area contributed by atoms with E-state index in [4.69, 9.17) is 0 Å². The summed E-state index contributed by atoms with van der Waals surface area (Å²) in [7, 11) is 0. The number of rotatable bonds is 6. The van der Waals surface area contributed by atoms with Crippen LogP contribution in [0.1, 0.15) is 59.9 Å². The molecular formula is C23H26N2O4. The Balaban J connectivity index is 2.05. The summed E-state index contributed by atoms with van der Waals surface area (Å²) in [5, 5.41) is 9.87. The highest BCUT2D eigenvalue weighted by atomic mass is 16.3. The van der Waals surface area contributed by atoms with Gasteiger partial charge in [0.15, 0.2) is 5.78 Å². The third kappa shape index (κ3) is 4.12. The van der Waals surface area contributed by atoms with Gasteiger partial charge in [-0.3, -0.25) is 19.4 Å². The van der Waals surface area contributed by atoms with Gasteiger partial charge in [-0.05, 0) is 43.0 Å².